The highest BCUT2D eigenvalue weighted by Gasteiger charge is 2.57. The van der Waals surface area contributed by atoms with E-state index in [1.807, 2.05) is 12.1 Å². The molecule has 1 aliphatic carbocycles. The van der Waals surface area contributed by atoms with Crippen molar-refractivity contribution in [1.29, 1.82) is 0 Å². The van der Waals surface area contributed by atoms with Gasteiger partial charge in [-0.2, -0.15) is 0 Å². The number of fused-ring (bicyclic) bond motifs is 1. The van der Waals surface area contributed by atoms with E-state index in [2.05, 4.69) is 15.6 Å². The van der Waals surface area contributed by atoms with Crippen LogP contribution in [0.3, 0.4) is 0 Å². The Bertz CT molecular complexity index is 1080. The van der Waals surface area contributed by atoms with Gasteiger partial charge in [-0.3, -0.25) is 9.78 Å². The average Bonchev–Trinajstić information content (AvgIpc) is 3.43. The molecule has 2 fully saturated rings. The molecule has 0 radical (unpaired) electrons. The van der Waals surface area contributed by atoms with Gasteiger partial charge in [0.15, 0.2) is 0 Å². The van der Waals surface area contributed by atoms with Crippen LogP contribution >= 0.6 is 0 Å². The lowest BCUT2D eigenvalue weighted by Gasteiger charge is -2.23. The van der Waals surface area contributed by atoms with Gasteiger partial charge in [-0.25, -0.2) is 4.39 Å². The molecule has 2 aromatic carbocycles. The minimum Gasteiger partial charge on any atom is -0.457 e. The number of hydrogen-bond donors (Lipinski definition) is 2. The van der Waals surface area contributed by atoms with E-state index in [0.717, 1.165) is 48.8 Å². The highest BCUT2D eigenvalue weighted by atomic mass is 19.1. The summed E-state index contributed by atoms with van der Waals surface area (Å²) in [5.41, 5.74) is 0.907. The number of anilines is 1. The van der Waals surface area contributed by atoms with E-state index in [-0.39, 0.29) is 23.1 Å². The Hall–Kier alpha value is -2.99. The summed E-state index contributed by atoms with van der Waals surface area (Å²) < 4.78 is 19.4. The molecule has 1 saturated carbocycles. The minimum atomic E-state index is -0.353. The van der Waals surface area contributed by atoms with Crippen LogP contribution in [-0.2, 0) is 4.79 Å². The predicted molar refractivity (Wildman–Crippen MR) is 109 cm³/mol. The van der Waals surface area contributed by atoms with Crippen molar-refractivity contribution in [2.24, 2.45) is 11.3 Å². The molecule has 2 N–H and O–H groups in total. The standard InChI is InChI=1S/C23H22FN3O2/c24-15-2-1-3-16(12-15)29-21-5-4-20(18-14-26-9-6-17(18)21)27-22(28)19-13-23(19)7-10-25-11-8-23/h1-6,9,12,14,19,25H,7-8,10-11,13H2,(H,27,28). The van der Waals surface area contributed by atoms with Gasteiger partial charge in [-0.1, -0.05) is 6.07 Å². The quantitative estimate of drug-likeness (QED) is 0.688. The Balaban J connectivity index is 1.40. The molecule has 1 amide bonds. The number of ether oxygens (including phenoxy) is 1. The van der Waals surface area contributed by atoms with E-state index in [1.165, 1.54) is 12.1 Å². The molecule has 0 bridgehead atoms. The number of carbonyl (C=O) groups is 1. The summed E-state index contributed by atoms with van der Waals surface area (Å²) in [4.78, 5) is 17.1. The number of benzene rings is 2. The second-order valence-corrected chi connectivity index (χ2v) is 7.95. The minimum absolute atomic E-state index is 0.0795. The number of piperidine rings is 1. The van der Waals surface area contributed by atoms with Gasteiger partial charge >= 0.3 is 0 Å². The first-order valence-electron chi connectivity index (χ1n) is 9.96. The Morgan fingerprint density at radius 2 is 2.03 bits per heavy atom. The van der Waals surface area contributed by atoms with Gasteiger partial charge in [-0.05, 0) is 68.1 Å². The smallest absolute Gasteiger partial charge is 0.228 e. The molecule has 148 valence electrons. The summed E-state index contributed by atoms with van der Waals surface area (Å²) in [5.74, 6) is 0.821. The molecule has 2 aliphatic rings. The van der Waals surface area contributed by atoms with Gasteiger partial charge in [0.1, 0.15) is 17.3 Å². The normalized spacial score (nSPS) is 19.8. The second-order valence-electron chi connectivity index (χ2n) is 7.95. The van der Waals surface area contributed by atoms with Crippen molar-refractivity contribution in [2.45, 2.75) is 19.3 Å². The van der Waals surface area contributed by atoms with Crippen LogP contribution in [0.5, 0.6) is 11.5 Å². The highest BCUT2D eigenvalue weighted by molar-refractivity contribution is 6.05. The monoisotopic (exact) mass is 391 g/mol. The topological polar surface area (TPSA) is 63.2 Å². The van der Waals surface area contributed by atoms with Crippen molar-refractivity contribution in [3.05, 3.63) is 60.7 Å². The molecule has 1 spiro atoms. The predicted octanol–water partition coefficient (Wildman–Crippen LogP) is 4.49. The number of nitrogens with zero attached hydrogens (tertiary/aromatic N) is 1. The number of carbonyl (C=O) groups excluding carboxylic acids is 1. The van der Waals surface area contributed by atoms with E-state index >= 15 is 0 Å². The molecule has 1 aliphatic heterocycles. The van der Waals surface area contributed by atoms with Crippen molar-refractivity contribution in [3.63, 3.8) is 0 Å². The number of rotatable bonds is 4. The summed E-state index contributed by atoms with van der Waals surface area (Å²) in [7, 11) is 0. The van der Waals surface area contributed by atoms with Crippen LogP contribution in [0.25, 0.3) is 10.8 Å². The lowest BCUT2D eigenvalue weighted by atomic mass is 9.91. The number of halogens is 1. The Kier molecular flexibility index (Phi) is 4.43. The van der Waals surface area contributed by atoms with Crippen molar-refractivity contribution in [2.75, 3.05) is 18.4 Å². The molecule has 2 heterocycles. The summed E-state index contributed by atoms with van der Waals surface area (Å²) >= 11 is 0. The zero-order valence-electron chi connectivity index (χ0n) is 16.0. The maximum atomic E-state index is 13.5. The van der Waals surface area contributed by atoms with Gasteiger partial charge in [0.2, 0.25) is 5.91 Å². The fourth-order valence-corrected chi connectivity index (χ4v) is 4.43. The second kappa shape index (κ2) is 7.12. The fourth-order valence-electron chi connectivity index (χ4n) is 4.43. The van der Waals surface area contributed by atoms with E-state index in [9.17, 15) is 9.18 Å². The molecule has 3 aromatic rings. The average molecular weight is 391 g/mol. The zero-order chi connectivity index (χ0) is 19.8. The number of amides is 1. The Morgan fingerprint density at radius 1 is 1.17 bits per heavy atom. The lowest BCUT2D eigenvalue weighted by Crippen LogP contribution is -2.31. The number of aromatic nitrogens is 1. The van der Waals surface area contributed by atoms with Crippen LogP contribution in [0.1, 0.15) is 19.3 Å². The third-order valence-corrected chi connectivity index (χ3v) is 6.17. The van der Waals surface area contributed by atoms with E-state index in [0.29, 0.717) is 11.5 Å². The summed E-state index contributed by atoms with van der Waals surface area (Å²) in [6.07, 6.45) is 6.49. The molecule has 6 heteroatoms. The molecule has 5 nitrogen and oxygen atoms in total. The third kappa shape index (κ3) is 3.44. The molecule has 1 unspecified atom stereocenters. The maximum Gasteiger partial charge on any atom is 0.228 e. The SMILES string of the molecule is O=C(Nc1ccc(Oc2cccc(F)c2)c2ccncc12)C1CC12CCNCC2. The van der Waals surface area contributed by atoms with Crippen LogP contribution in [-0.4, -0.2) is 24.0 Å². The lowest BCUT2D eigenvalue weighted by molar-refractivity contribution is -0.118. The summed E-state index contributed by atoms with van der Waals surface area (Å²) in [6, 6.07) is 11.5. The summed E-state index contributed by atoms with van der Waals surface area (Å²) in [6.45, 7) is 1.98. The van der Waals surface area contributed by atoms with Crippen LogP contribution < -0.4 is 15.4 Å². The molecule has 1 aromatic heterocycles. The molecular weight excluding hydrogens is 369 g/mol. The summed E-state index contributed by atoms with van der Waals surface area (Å²) in [5, 5.41) is 8.08. The van der Waals surface area contributed by atoms with Crippen molar-refractivity contribution in [3.8, 4) is 11.5 Å². The van der Waals surface area contributed by atoms with Gasteiger partial charge < -0.3 is 15.4 Å². The molecule has 1 atom stereocenters. The first-order chi connectivity index (χ1) is 14.1. The number of nitrogens with one attached hydrogen (secondary N) is 2. The molecular formula is C23H22FN3O2. The largest absolute Gasteiger partial charge is 0.457 e. The van der Waals surface area contributed by atoms with Crippen LogP contribution in [0.2, 0.25) is 0 Å². The van der Waals surface area contributed by atoms with Crippen LogP contribution in [0, 0.1) is 17.2 Å². The van der Waals surface area contributed by atoms with Gasteiger partial charge in [0, 0.05) is 35.2 Å². The van der Waals surface area contributed by atoms with E-state index < -0.39 is 0 Å². The van der Waals surface area contributed by atoms with Crippen LogP contribution in [0.15, 0.2) is 54.9 Å². The van der Waals surface area contributed by atoms with Crippen LogP contribution in [0.4, 0.5) is 10.1 Å². The molecule has 5 rings (SSSR count). The highest BCUT2D eigenvalue weighted by Crippen LogP contribution is 2.58. The number of hydrogen-bond acceptors (Lipinski definition) is 4. The van der Waals surface area contributed by atoms with E-state index in [1.54, 1.807) is 30.6 Å². The van der Waals surface area contributed by atoms with Gasteiger partial charge in [-0.15, -0.1) is 0 Å². The fraction of sp³-hybridized carbons (Fsp3) is 0.304. The Morgan fingerprint density at radius 3 is 2.86 bits per heavy atom. The van der Waals surface area contributed by atoms with Gasteiger partial charge in [0.05, 0.1) is 5.69 Å². The number of pyridine rings is 1. The van der Waals surface area contributed by atoms with E-state index in [4.69, 9.17) is 4.74 Å². The first kappa shape index (κ1) is 18.1. The molecule has 1 saturated heterocycles. The maximum absolute atomic E-state index is 13.5. The van der Waals surface area contributed by atoms with Crippen molar-refractivity contribution in [1.82, 2.24) is 10.3 Å². The molecule has 29 heavy (non-hydrogen) atoms. The first-order valence-corrected chi connectivity index (χ1v) is 9.96. The zero-order valence-corrected chi connectivity index (χ0v) is 16.0. The Labute approximate surface area is 168 Å². The third-order valence-electron chi connectivity index (χ3n) is 6.17. The van der Waals surface area contributed by atoms with Crippen molar-refractivity contribution >= 4 is 22.4 Å². The van der Waals surface area contributed by atoms with Crippen molar-refractivity contribution < 1.29 is 13.9 Å². The van der Waals surface area contributed by atoms with Gasteiger partial charge in [0.25, 0.3) is 0 Å².